The van der Waals surface area contributed by atoms with Crippen molar-refractivity contribution in [2.24, 2.45) is 0 Å². The topological polar surface area (TPSA) is 83.7 Å². The van der Waals surface area contributed by atoms with Crippen molar-refractivity contribution in [3.05, 3.63) is 77.7 Å². The van der Waals surface area contributed by atoms with Gasteiger partial charge in [-0.05, 0) is 66.8 Å². The van der Waals surface area contributed by atoms with E-state index in [0.29, 0.717) is 22.4 Å². The molecule has 0 saturated heterocycles. The van der Waals surface area contributed by atoms with Crippen molar-refractivity contribution >= 4 is 42.6 Å². The Kier molecular flexibility index (Phi) is 7.70. The number of aromatic nitrogens is 1. The second kappa shape index (κ2) is 11.0. The largest absolute Gasteiger partial charge is 0.467 e. The van der Waals surface area contributed by atoms with Crippen LogP contribution in [0.1, 0.15) is 73.6 Å². The number of fused-ring (bicyclic) bond motifs is 1. The van der Waals surface area contributed by atoms with Gasteiger partial charge in [0.2, 0.25) is 10.0 Å². The van der Waals surface area contributed by atoms with Gasteiger partial charge in [-0.15, -0.1) is 0 Å². The summed E-state index contributed by atoms with van der Waals surface area (Å²) in [5, 5.41) is 0.572. The number of furan rings is 1. The van der Waals surface area contributed by atoms with E-state index in [-0.39, 0.29) is 23.4 Å². The molecule has 1 aliphatic rings. The predicted molar refractivity (Wildman–Crippen MR) is 151 cm³/mol. The van der Waals surface area contributed by atoms with Crippen molar-refractivity contribution in [1.82, 2.24) is 9.29 Å². The maximum atomic E-state index is 13.8. The standard InChI is InChI=1S/C29H33N3O4S2/c1-20(2)25-12-7-13-26-27(25)30-29(37-26)32(19-23-11-8-18-36-23)28(33)21-14-16-24(17-15-21)38(34,35)31(3)22-9-5-4-6-10-22/h7-8,11-18,20,22H,4-6,9-10,19H2,1-3H3. The highest BCUT2D eigenvalue weighted by molar-refractivity contribution is 7.89. The highest BCUT2D eigenvalue weighted by Crippen LogP contribution is 2.35. The van der Waals surface area contributed by atoms with E-state index in [0.717, 1.165) is 47.9 Å². The lowest BCUT2D eigenvalue weighted by Crippen LogP contribution is -2.38. The van der Waals surface area contributed by atoms with Gasteiger partial charge in [-0.2, -0.15) is 4.31 Å². The number of hydrogen-bond acceptors (Lipinski definition) is 6. The van der Waals surface area contributed by atoms with E-state index in [1.807, 2.05) is 18.2 Å². The fourth-order valence-electron chi connectivity index (χ4n) is 5.06. The molecule has 2 heterocycles. The molecule has 0 bridgehead atoms. The first-order valence-electron chi connectivity index (χ1n) is 13.1. The molecule has 1 fully saturated rings. The molecule has 1 aliphatic carbocycles. The molecule has 1 amide bonds. The summed E-state index contributed by atoms with van der Waals surface area (Å²) in [5.74, 6) is 0.662. The highest BCUT2D eigenvalue weighted by atomic mass is 32.2. The maximum absolute atomic E-state index is 13.8. The number of sulfonamides is 1. The van der Waals surface area contributed by atoms with Gasteiger partial charge in [-0.25, -0.2) is 13.4 Å². The van der Waals surface area contributed by atoms with Gasteiger partial charge in [-0.3, -0.25) is 9.69 Å². The number of amides is 1. The predicted octanol–water partition coefficient (Wildman–Crippen LogP) is 6.81. The van der Waals surface area contributed by atoms with Crippen LogP contribution >= 0.6 is 11.3 Å². The van der Waals surface area contributed by atoms with Crippen molar-refractivity contribution in [2.45, 2.75) is 69.4 Å². The molecule has 9 heteroatoms. The van der Waals surface area contributed by atoms with E-state index in [1.165, 1.54) is 27.8 Å². The normalized spacial score (nSPS) is 15.0. The minimum Gasteiger partial charge on any atom is -0.467 e. The van der Waals surface area contributed by atoms with Crippen LogP contribution in [0.2, 0.25) is 0 Å². The third-order valence-corrected chi connectivity index (χ3v) is 10.3. The zero-order valence-corrected chi connectivity index (χ0v) is 23.6. The molecule has 7 nitrogen and oxygen atoms in total. The summed E-state index contributed by atoms with van der Waals surface area (Å²) >= 11 is 1.46. The summed E-state index contributed by atoms with van der Waals surface area (Å²) in [6, 6.07) is 16.0. The second-order valence-electron chi connectivity index (χ2n) is 10.2. The van der Waals surface area contributed by atoms with Crippen LogP contribution in [0.5, 0.6) is 0 Å². The molecule has 5 rings (SSSR count). The zero-order chi connectivity index (χ0) is 26.9. The van der Waals surface area contributed by atoms with Gasteiger partial charge in [0.05, 0.1) is 27.9 Å². The van der Waals surface area contributed by atoms with E-state index in [4.69, 9.17) is 9.40 Å². The van der Waals surface area contributed by atoms with E-state index < -0.39 is 10.0 Å². The molecular weight excluding hydrogens is 518 g/mol. The number of carbonyl (C=O) groups is 1. The van der Waals surface area contributed by atoms with Gasteiger partial charge in [0.25, 0.3) is 5.91 Å². The molecule has 0 N–H and O–H groups in total. The molecule has 2 aromatic carbocycles. The van der Waals surface area contributed by atoms with Crippen molar-refractivity contribution in [2.75, 3.05) is 11.9 Å². The number of rotatable bonds is 8. The average molecular weight is 552 g/mol. The lowest BCUT2D eigenvalue weighted by molar-refractivity contribution is 0.0983. The average Bonchev–Trinajstić information content (AvgIpc) is 3.61. The molecule has 200 valence electrons. The number of para-hydroxylation sites is 1. The molecule has 38 heavy (non-hydrogen) atoms. The Morgan fingerprint density at radius 3 is 2.45 bits per heavy atom. The lowest BCUT2D eigenvalue weighted by atomic mass is 9.96. The van der Waals surface area contributed by atoms with Crippen LogP contribution in [0.15, 0.2) is 70.2 Å². The number of nitrogens with zero attached hydrogens (tertiary/aromatic N) is 3. The number of carbonyl (C=O) groups excluding carboxylic acids is 1. The Morgan fingerprint density at radius 2 is 1.79 bits per heavy atom. The highest BCUT2D eigenvalue weighted by Gasteiger charge is 2.30. The number of thiazole rings is 1. The Bertz CT molecular complexity index is 1500. The molecule has 0 atom stereocenters. The quantitative estimate of drug-likeness (QED) is 0.240. The Balaban J connectivity index is 1.45. The van der Waals surface area contributed by atoms with Crippen LogP contribution < -0.4 is 4.90 Å². The van der Waals surface area contributed by atoms with E-state index in [1.54, 1.807) is 36.4 Å². The van der Waals surface area contributed by atoms with Crippen molar-refractivity contribution < 1.29 is 17.6 Å². The Morgan fingerprint density at radius 1 is 1.05 bits per heavy atom. The fraction of sp³-hybridized carbons (Fsp3) is 0.379. The number of anilines is 1. The van der Waals surface area contributed by atoms with Gasteiger partial charge in [0.15, 0.2) is 5.13 Å². The molecular formula is C29H33N3O4S2. The van der Waals surface area contributed by atoms with Gasteiger partial charge in [-0.1, -0.05) is 56.6 Å². The summed E-state index contributed by atoms with van der Waals surface area (Å²) < 4.78 is 34.6. The molecule has 0 unspecified atom stereocenters. The second-order valence-corrected chi connectivity index (χ2v) is 13.2. The van der Waals surface area contributed by atoms with E-state index in [2.05, 4.69) is 19.9 Å². The van der Waals surface area contributed by atoms with Crippen LogP contribution in [0.4, 0.5) is 5.13 Å². The van der Waals surface area contributed by atoms with Crippen molar-refractivity contribution in [1.29, 1.82) is 0 Å². The van der Waals surface area contributed by atoms with E-state index >= 15 is 0 Å². The minimum absolute atomic E-state index is 0.0219. The smallest absolute Gasteiger partial charge is 0.260 e. The molecule has 4 aromatic rings. The Hall–Kier alpha value is -3.01. The first-order valence-corrected chi connectivity index (χ1v) is 15.3. The first-order chi connectivity index (χ1) is 18.3. The van der Waals surface area contributed by atoms with Gasteiger partial charge < -0.3 is 4.42 Å². The summed E-state index contributed by atoms with van der Waals surface area (Å²) in [6.07, 6.45) is 6.60. The molecule has 0 radical (unpaired) electrons. The summed E-state index contributed by atoms with van der Waals surface area (Å²) in [6.45, 7) is 4.47. The van der Waals surface area contributed by atoms with Gasteiger partial charge in [0.1, 0.15) is 5.76 Å². The minimum atomic E-state index is -3.64. The van der Waals surface area contributed by atoms with Crippen LogP contribution in [0, 0.1) is 0 Å². The first kappa shape index (κ1) is 26.6. The summed E-state index contributed by atoms with van der Waals surface area (Å²) in [7, 11) is -1.98. The monoisotopic (exact) mass is 551 g/mol. The number of hydrogen-bond donors (Lipinski definition) is 0. The number of benzene rings is 2. The van der Waals surface area contributed by atoms with Crippen LogP contribution in [0.25, 0.3) is 10.2 Å². The molecule has 2 aromatic heterocycles. The Labute approximate surface area is 228 Å². The van der Waals surface area contributed by atoms with Crippen LogP contribution in [-0.2, 0) is 16.6 Å². The third kappa shape index (κ3) is 5.28. The van der Waals surface area contributed by atoms with Crippen molar-refractivity contribution in [3.63, 3.8) is 0 Å². The molecule has 1 saturated carbocycles. The van der Waals surface area contributed by atoms with Crippen molar-refractivity contribution in [3.8, 4) is 0 Å². The molecule has 0 aliphatic heterocycles. The fourth-order valence-corrected chi connectivity index (χ4v) is 7.47. The van der Waals surface area contributed by atoms with Crippen LogP contribution in [-0.4, -0.2) is 36.7 Å². The summed E-state index contributed by atoms with van der Waals surface area (Å²) in [4.78, 5) is 20.5. The van der Waals surface area contributed by atoms with E-state index in [9.17, 15) is 13.2 Å². The third-order valence-electron chi connectivity index (χ3n) is 7.30. The maximum Gasteiger partial charge on any atom is 0.260 e. The summed E-state index contributed by atoms with van der Waals surface area (Å²) in [5.41, 5.74) is 2.41. The van der Waals surface area contributed by atoms with Gasteiger partial charge in [0, 0.05) is 18.7 Å². The SMILES string of the molecule is CC(C)c1cccc2sc(N(Cc3ccco3)C(=O)c3ccc(S(=O)(=O)N(C)C4CCCCC4)cc3)nc12. The lowest BCUT2D eigenvalue weighted by Gasteiger charge is -2.30. The molecule has 0 spiro atoms. The zero-order valence-electron chi connectivity index (χ0n) is 22.0. The van der Waals surface area contributed by atoms with Crippen LogP contribution in [0.3, 0.4) is 0 Å². The van der Waals surface area contributed by atoms with Gasteiger partial charge >= 0.3 is 0 Å².